The average Bonchev–Trinajstić information content (AvgIpc) is 2.78. The van der Waals surface area contributed by atoms with Gasteiger partial charge in [0.05, 0.1) is 12.7 Å². The van der Waals surface area contributed by atoms with E-state index in [4.69, 9.17) is 9.47 Å². The van der Waals surface area contributed by atoms with Crippen molar-refractivity contribution in [1.29, 1.82) is 0 Å². The third-order valence-corrected chi connectivity index (χ3v) is 4.19. The molecule has 0 spiro atoms. The zero-order valence-electron chi connectivity index (χ0n) is 12.0. The second-order valence-electron chi connectivity index (χ2n) is 5.42. The molecule has 0 radical (unpaired) electrons. The molecular weight excluding hydrogens is 238 g/mol. The van der Waals surface area contributed by atoms with E-state index in [0.29, 0.717) is 6.10 Å². The molecule has 0 aromatic heterocycles. The fourth-order valence-corrected chi connectivity index (χ4v) is 2.95. The van der Waals surface area contributed by atoms with Crippen LogP contribution in [0, 0.1) is 5.41 Å². The Kier molecular flexibility index (Phi) is 5.23. The third kappa shape index (κ3) is 3.71. The van der Waals surface area contributed by atoms with Crippen molar-refractivity contribution in [2.45, 2.75) is 32.3 Å². The average molecular weight is 263 g/mol. The van der Waals surface area contributed by atoms with E-state index in [9.17, 15) is 0 Å². The first-order valence-electron chi connectivity index (χ1n) is 7.21. The highest BCUT2D eigenvalue weighted by atomic mass is 16.5. The Morgan fingerprint density at radius 2 is 2.16 bits per heavy atom. The summed E-state index contributed by atoms with van der Waals surface area (Å²) in [6.07, 6.45) is 3.73. The topological polar surface area (TPSA) is 30.5 Å². The van der Waals surface area contributed by atoms with Gasteiger partial charge in [-0.25, -0.2) is 0 Å². The SMILES string of the molecule is CNCC1(CCCOc2ccccc2)CCOC1C. The van der Waals surface area contributed by atoms with E-state index >= 15 is 0 Å². The summed E-state index contributed by atoms with van der Waals surface area (Å²) in [5.74, 6) is 0.959. The molecule has 0 amide bonds. The summed E-state index contributed by atoms with van der Waals surface area (Å²) in [5.41, 5.74) is 0.287. The minimum atomic E-state index is 0.287. The van der Waals surface area contributed by atoms with Gasteiger partial charge in [-0.05, 0) is 45.4 Å². The fourth-order valence-electron chi connectivity index (χ4n) is 2.95. The Bertz CT molecular complexity index is 368. The van der Waals surface area contributed by atoms with Crippen molar-refractivity contribution in [2.24, 2.45) is 5.41 Å². The Hall–Kier alpha value is -1.06. The van der Waals surface area contributed by atoms with Crippen molar-refractivity contribution in [3.05, 3.63) is 30.3 Å². The number of rotatable bonds is 7. The quantitative estimate of drug-likeness (QED) is 0.767. The minimum Gasteiger partial charge on any atom is -0.494 e. The molecule has 0 saturated carbocycles. The summed E-state index contributed by atoms with van der Waals surface area (Å²) in [6.45, 7) is 4.90. The van der Waals surface area contributed by atoms with E-state index in [0.717, 1.165) is 44.8 Å². The van der Waals surface area contributed by atoms with Crippen molar-refractivity contribution >= 4 is 0 Å². The smallest absolute Gasteiger partial charge is 0.119 e. The predicted molar refractivity (Wildman–Crippen MR) is 77.6 cm³/mol. The number of nitrogens with one attached hydrogen (secondary N) is 1. The molecule has 3 heteroatoms. The molecule has 1 heterocycles. The highest BCUT2D eigenvalue weighted by Crippen LogP contribution is 2.38. The molecule has 1 aromatic carbocycles. The summed E-state index contributed by atoms with van der Waals surface area (Å²) in [6, 6.07) is 10.0. The van der Waals surface area contributed by atoms with Crippen LogP contribution in [0.25, 0.3) is 0 Å². The lowest BCUT2D eigenvalue weighted by Crippen LogP contribution is -2.38. The largest absolute Gasteiger partial charge is 0.494 e. The van der Waals surface area contributed by atoms with Crippen molar-refractivity contribution in [2.75, 3.05) is 26.8 Å². The van der Waals surface area contributed by atoms with Gasteiger partial charge in [-0.3, -0.25) is 0 Å². The van der Waals surface area contributed by atoms with Crippen LogP contribution in [0.2, 0.25) is 0 Å². The highest BCUT2D eigenvalue weighted by molar-refractivity contribution is 5.20. The Morgan fingerprint density at radius 1 is 1.37 bits per heavy atom. The lowest BCUT2D eigenvalue weighted by atomic mass is 9.77. The van der Waals surface area contributed by atoms with Crippen molar-refractivity contribution < 1.29 is 9.47 Å². The van der Waals surface area contributed by atoms with Crippen LogP contribution >= 0.6 is 0 Å². The number of para-hydroxylation sites is 1. The first kappa shape index (κ1) is 14.4. The zero-order chi connectivity index (χ0) is 13.6. The van der Waals surface area contributed by atoms with Crippen LogP contribution in [-0.2, 0) is 4.74 Å². The van der Waals surface area contributed by atoms with Crippen LogP contribution in [0.5, 0.6) is 5.75 Å². The molecule has 2 rings (SSSR count). The number of ether oxygens (including phenoxy) is 2. The molecule has 0 bridgehead atoms. The minimum absolute atomic E-state index is 0.287. The Labute approximate surface area is 116 Å². The summed E-state index contributed by atoms with van der Waals surface area (Å²) in [7, 11) is 2.02. The lowest BCUT2D eigenvalue weighted by Gasteiger charge is -2.32. The van der Waals surface area contributed by atoms with E-state index in [1.165, 1.54) is 0 Å². The molecule has 0 aliphatic carbocycles. The first-order valence-corrected chi connectivity index (χ1v) is 7.21. The van der Waals surface area contributed by atoms with Crippen LogP contribution in [0.3, 0.4) is 0 Å². The van der Waals surface area contributed by atoms with E-state index in [1.807, 2.05) is 37.4 Å². The van der Waals surface area contributed by atoms with Gasteiger partial charge in [0.2, 0.25) is 0 Å². The van der Waals surface area contributed by atoms with Gasteiger partial charge in [-0.2, -0.15) is 0 Å². The normalized spacial score (nSPS) is 26.5. The summed E-state index contributed by atoms with van der Waals surface area (Å²) < 4.78 is 11.5. The number of hydrogen-bond acceptors (Lipinski definition) is 3. The van der Waals surface area contributed by atoms with Crippen LogP contribution in [-0.4, -0.2) is 32.9 Å². The number of benzene rings is 1. The molecule has 106 valence electrons. The van der Waals surface area contributed by atoms with E-state index in [-0.39, 0.29) is 5.41 Å². The first-order chi connectivity index (χ1) is 9.27. The standard InChI is InChI=1S/C16H25NO2/c1-14-16(13-17-2,10-12-18-14)9-6-11-19-15-7-4-3-5-8-15/h3-5,7-8,14,17H,6,9-13H2,1-2H3. The van der Waals surface area contributed by atoms with Gasteiger partial charge in [0.15, 0.2) is 0 Å². The van der Waals surface area contributed by atoms with Crippen LogP contribution in [0.4, 0.5) is 0 Å². The van der Waals surface area contributed by atoms with Crippen molar-refractivity contribution in [3.63, 3.8) is 0 Å². The molecule has 19 heavy (non-hydrogen) atoms. The van der Waals surface area contributed by atoms with E-state index in [2.05, 4.69) is 12.2 Å². The van der Waals surface area contributed by atoms with Crippen LogP contribution in [0.1, 0.15) is 26.2 Å². The van der Waals surface area contributed by atoms with Gasteiger partial charge in [0.25, 0.3) is 0 Å². The maximum absolute atomic E-state index is 5.76. The van der Waals surface area contributed by atoms with Crippen molar-refractivity contribution in [3.8, 4) is 5.75 Å². The third-order valence-electron chi connectivity index (χ3n) is 4.19. The van der Waals surface area contributed by atoms with Gasteiger partial charge >= 0.3 is 0 Å². The van der Waals surface area contributed by atoms with E-state index in [1.54, 1.807) is 0 Å². The highest BCUT2D eigenvalue weighted by Gasteiger charge is 2.40. The molecule has 1 aliphatic heterocycles. The van der Waals surface area contributed by atoms with Gasteiger partial charge in [0.1, 0.15) is 5.75 Å². The van der Waals surface area contributed by atoms with Gasteiger partial charge in [-0.15, -0.1) is 0 Å². The summed E-state index contributed by atoms with van der Waals surface area (Å²) in [4.78, 5) is 0. The van der Waals surface area contributed by atoms with Crippen LogP contribution in [0.15, 0.2) is 30.3 Å². The molecule has 3 nitrogen and oxygen atoms in total. The fraction of sp³-hybridized carbons (Fsp3) is 0.625. The molecule has 2 atom stereocenters. The summed E-state index contributed by atoms with van der Waals surface area (Å²) >= 11 is 0. The molecule has 2 unspecified atom stereocenters. The maximum atomic E-state index is 5.76. The van der Waals surface area contributed by atoms with Gasteiger partial charge in [-0.1, -0.05) is 18.2 Å². The van der Waals surface area contributed by atoms with Gasteiger partial charge in [0, 0.05) is 18.6 Å². The zero-order valence-corrected chi connectivity index (χ0v) is 12.0. The monoisotopic (exact) mass is 263 g/mol. The van der Waals surface area contributed by atoms with E-state index < -0.39 is 0 Å². The molecular formula is C16H25NO2. The second kappa shape index (κ2) is 6.92. The molecule has 1 N–H and O–H groups in total. The molecule has 1 saturated heterocycles. The predicted octanol–water partition coefficient (Wildman–Crippen LogP) is 2.86. The summed E-state index contributed by atoms with van der Waals surface area (Å²) in [5, 5.41) is 3.32. The number of hydrogen-bond donors (Lipinski definition) is 1. The van der Waals surface area contributed by atoms with Crippen LogP contribution < -0.4 is 10.1 Å². The molecule has 1 aromatic rings. The molecule has 1 aliphatic rings. The Morgan fingerprint density at radius 3 is 2.79 bits per heavy atom. The lowest BCUT2D eigenvalue weighted by molar-refractivity contribution is 0.0562. The van der Waals surface area contributed by atoms with Crippen molar-refractivity contribution in [1.82, 2.24) is 5.32 Å². The van der Waals surface area contributed by atoms with Gasteiger partial charge < -0.3 is 14.8 Å². The maximum Gasteiger partial charge on any atom is 0.119 e. The second-order valence-corrected chi connectivity index (χ2v) is 5.42. The Balaban J connectivity index is 1.77. The molecule has 1 fully saturated rings.